The highest BCUT2D eigenvalue weighted by atomic mass is 16.6. The smallest absolute Gasteiger partial charge is 0.102 e. The van der Waals surface area contributed by atoms with Crippen molar-refractivity contribution in [1.82, 2.24) is 0 Å². The summed E-state index contributed by atoms with van der Waals surface area (Å²) >= 11 is 0. The second-order valence-corrected chi connectivity index (χ2v) is 6.09. The second kappa shape index (κ2) is 7.05. The third-order valence-corrected chi connectivity index (χ3v) is 4.67. The Balaban J connectivity index is 1.64. The summed E-state index contributed by atoms with van der Waals surface area (Å²) in [6.45, 7) is 9.38. The lowest BCUT2D eigenvalue weighted by atomic mass is 9.93. The van der Waals surface area contributed by atoms with Gasteiger partial charge in [0.2, 0.25) is 0 Å². The van der Waals surface area contributed by atoms with Gasteiger partial charge in [-0.15, -0.1) is 13.2 Å². The van der Waals surface area contributed by atoms with Gasteiger partial charge in [0.15, 0.2) is 0 Å². The SMILES string of the molecule is C=C[C@@H]1OCCC[C@H]1O[C@H]1C[C@H]2OCCC[C@@H]2O[C@@H]1C=C. The highest BCUT2D eigenvalue weighted by Crippen LogP contribution is 2.33. The molecule has 0 aromatic carbocycles. The van der Waals surface area contributed by atoms with E-state index in [2.05, 4.69) is 13.2 Å². The molecule has 3 saturated heterocycles. The number of hydrogen-bond acceptors (Lipinski definition) is 4. The van der Waals surface area contributed by atoms with Gasteiger partial charge in [0.25, 0.3) is 0 Å². The maximum absolute atomic E-state index is 6.32. The van der Waals surface area contributed by atoms with Crippen molar-refractivity contribution in [2.45, 2.75) is 68.7 Å². The molecule has 0 spiro atoms. The van der Waals surface area contributed by atoms with Gasteiger partial charge in [-0.1, -0.05) is 12.2 Å². The number of ether oxygens (including phenoxy) is 4. The van der Waals surface area contributed by atoms with Gasteiger partial charge in [-0.3, -0.25) is 0 Å². The van der Waals surface area contributed by atoms with Crippen molar-refractivity contribution in [2.24, 2.45) is 0 Å². The van der Waals surface area contributed by atoms with E-state index in [9.17, 15) is 0 Å². The van der Waals surface area contributed by atoms with E-state index in [-0.39, 0.29) is 36.6 Å². The van der Waals surface area contributed by atoms with Crippen LogP contribution in [0.4, 0.5) is 0 Å². The first-order chi connectivity index (χ1) is 10.3. The van der Waals surface area contributed by atoms with Gasteiger partial charge in [-0.25, -0.2) is 0 Å². The molecule has 4 heteroatoms. The van der Waals surface area contributed by atoms with Crippen molar-refractivity contribution in [2.75, 3.05) is 13.2 Å². The lowest BCUT2D eigenvalue weighted by Gasteiger charge is -2.44. The van der Waals surface area contributed by atoms with E-state index >= 15 is 0 Å². The Hall–Kier alpha value is -0.680. The molecule has 3 aliphatic rings. The van der Waals surface area contributed by atoms with Crippen LogP contribution in [-0.4, -0.2) is 49.8 Å². The first-order valence-electron chi connectivity index (χ1n) is 8.11. The summed E-state index contributed by atoms with van der Waals surface area (Å²) in [7, 11) is 0. The molecular weight excluding hydrogens is 268 g/mol. The molecule has 3 aliphatic heterocycles. The quantitative estimate of drug-likeness (QED) is 0.747. The van der Waals surface area contributed by atoms with Gasteiger partial charge in [-0.05, 0) is 25.7 Å². The fourth-order valence-corrected chi connectivity index (χ4v) is 3.55. The molecule has 0 aromatic rings. The first kappa shape index (κ1) is 15.2. The highest BCUT2D eigenvalue weighted by Gasteiger charge is 2.41. The van der Waals surface area contributed by atoms with Gasteiger partial charge in [0, 0.05) is 19.6 Å². The Kier molecular flexibility index (Phi) is 5.11. The van der Waals surface area contributed by atoms with Crippen molar-refractivity contribution < 1.29 is 18.9 Å². The molecular formula is C17H26O4. The maximum atomic E-state index is 6.32. The van der Waals surface area contributed by atoms with Crippen LogP contribution >= 0.6 is 0 Å². The van der Waals surface area contributed by atoms with Crippen molar-refractivity contribution >= 4 is 0 Å². The molecule has 0 bridgehead atoms. The number of rotatable bonds is 4. The van der Waals surface area contributed by atoms with E-state index in [1.165, 1.54) is 0 Å². The molecule has 0 N–H and O–H groups in total. The summed E-state index contributed by atoms with van der Waals surface area (Å²) in [6, 6.07) is 0. The van der Waals surface area contributed by atoms with E-state index < -0.39 is 0 Å². The normalized spacial score (nSPS) is 43.8. The Bertz CT molecular complexity index is 370. The second-order valence-electron chi connectivity index (χ2n) is 6.09. The predicted octanol–water partition coefficient (Wildman–Crippen LogP) is 2.63. The Morgan fingerprint density at radius 3 is 2.43 bits per heavy atom. The molecule has 6 atom stereocenters. The molecule has 21 heavy (non-hydrogen) atoms. The minimum atomic E-state index is -0.0552. The average Bonchev–Trinajstić information content (AvgIpc) is 2.54. The van der Waals surface area contributed by atoms with Crippen LogP contribution in [0.15, 0.2) is 25.3 Å². The third kappa shape index (κ3) is 3.39. The maximum Gasteiger partial charge on any atom is 0.102 e. The van der Waals surface area contributed by atoms with Crippen LogP contribution in [0.2, 0.25) is 0 Å². The van der Waals surface area contributed by atoms with Gasteiger partial charge in [-0.2, -0.15) is 0 Å². The van der Waals surface area contributed by atoms with Crippen molar-refractivity contribution in [3.63, 3.8) is 0 Å². The summed E-state index contributed by atoms with van der Waals surface area (Å²) in [6.07, 6.45) is 9.11. The van der Waals surface area contributed by atoms with Gasteiger partial charge in [0.05, 0.1) is 24.4 Å². The zero-order chi connectivity index (χ0) is 14.7. The fraction of sp³-hybridized carbons (Fsp3) is 0.765. The number of hydrogen-bond donors (Lipinski definition) is 0. The molecule has 4 nitrogen and oxygen atoms in total. The molecule has 3 heterocycles. The van der Waals surface area contributed by atoms with E-state index in [1.54, 1.807) is 0 Å². The first-order valence-corrected chi connectivity index (χ1v) is 8.11. The van der Waals surface area contributed by atoms with Crippen LogP contribution in [0, 0.1) is 0 Å². The largest absolute Gasteiger partial charge is 0.375 e. The van der Waals surface area contributed by atoms with Gasteiger partial charge >= 0.3 is 0 Å². The monoisotopic (exact) mass is 294 g/mol. The van der Waals surface area contributed by atoms with E-state index in [0.29, 0.717) is 0 Å². The minimum Gasteiger partial charge on any atom is -0.375 e. The molecule has 0 aliphatic carbocycles. The molecule has 0 aromatic heterocycles. The molecule has 118 valence electrons. The van der Waals surface area contributed by atoms with Crippen LogP contribution in [0.1, 0.15) is 32.1 Å². The van der Waals surface area contributed by atoms with Crippen LogP contribution in [0.5, 0.6) is 0 Å². The van der Waals surface area contributed by atoms with E-state index in [1.807, 2.05) is 12.2 Å². The summed E-state index contributed by atoms with van der Waals surface area (Å²) in [5, 5.41) is 0. The molecule has 3 rings (SSSR count). The molecule has 3 fully saturated rings. The molecule has 0 unspecified atom stereocenters. The van der Waals surface area contributed by atoms with Crippen LogP contribution in [0.25, 0.3) is 0 Å². The Morgan fingerprint density at radius 2 is 1.62 bits per heavy atom. The van der Waals surface area contributed by atoms with Crippen LogP contribution < -0.4 is 0 Å². The molecule has 0 radical (unpaired) electrons. The predicted molar refractivity (Wildman–Crippen MR) is 80.3 cm³/mol. The lowest BCUT2D eigenvalue weighted by molar-refractivity contribution is -0.221. The summed E-state index contributed by atoms with van der Waals surface area (Å²) < 4.78 is 24.0. The van der Waals surface area contributed by atoms with Crippen LogP contribution in [-0.2, 0) is 18.9 Å². The summed E-state index contributed by atoms with van der Waals surface area (Å²) in [4.78, 5) is 0. The fourth-order valence-electron chi connectivity index (χ4n) is 3.55. The Morgan fingerprint density at radius 1 is 0.857 bits per heavy atom. The van der Waals surface area contributed by atoms with Gasteiger partial charge in [0.1, 0.15) is 12.2 Å². The lowest BCUT2D eigenvalue weighted by Crippen LogP contribution is -2.52. The van der Waals surface area contributed by atoms with Crippen molar-refractivity contribution in [3.05, 3.63) is 25.3 Å². The van der Waals surface area contributed by atoms with Crippen molar-refractivity contribution in [3.8, 4) is 0 Å². The third-order valence-electron chi connectivity index (χ3n) is 4.67. The average molecular weight is 294 g/mol. The standard InChI is InChI=1S/C17H26O4/c1-3-12-14(7-5-9-18-12)21-17-11-16-15(8-6-10-19-16)20-13(17)4-2/h3-4,12-17H,1-2,5-11H2/t12-,13+,14+,15-,16+,17-/m0/s1. The summed E-state index contributed by atoms with van der Waals surface area (Å²) in [5.74, 6) is 0. The van der Waals surface area contributed by atoms with Crippen LogP contribution in [0.3, 0.4) is 0 Å². The Labute approximate surface area is 127 Å². The zero-order valence-corrected chi connectivity index (χ0v) is 12.6. The van der Waals surface area contributed by atoms with E-state index in [0.717, 1.165) is 45.3 Å². The summed E-state index contributed by atoms with van der Waals surface area (Å²) in [5.41, 5.74) is 0. The van der Waals surface area contributed by atoms with E-state index in [4.69, 9.17) is 18.9 Å². The number of fused-ring (bicyclic) bond motifs is 1. The molecule has 0 amide bonds. The zero-order valence-electron chi connectivity index (χ0n) is 12.6. The highest BCUT2D eigenvalue weighted by molar-refractivity contribution is 4.98. The molecule has 0 saturated carbocycles. The minimum absolute atomic E-state index is 0.00370. The topological polar surface area (TPSA) is 36.9 Å². The van der Waals surface area contributed by atoms with Crippen molar-refractivity contribution in [1.29, 1.82) is 0 Å². The van der Waals surface area contributed by atoms with Gasteiger partial charge < -0.3 is 18.9 Å².